The van der Waals surface area contributed by atoms with Crippen LogP contribution in [0.1, 0.15) is 11.1 Å². The first-order valence-corrected chi connectivity index (χ1v) is 9.84. The maximum atomic E-state index is 9.96. The number of hydrogen-bond donors (Lipinski definition) is 3. The van der Waals surface area contributed by atoms with E-state index >= 15 is 0 Å². The SMILES string of the molecule is Oc1ccc(CN2CCN(C(=S)SCc3ccccc3)CC2)c(O)c1O. The minimum atomic E-state index is -0.459. The number of rotatable bonds is 4. The molecule has 1 aliphatic rings. The quantitative estimate of drug-likeness (QED) is 0.547. The van der Waals surface area contributed by atoms with Gasteiger partial charge in [-0.1, -0.05) is 60.4 Å². The normalized spacial score (nSPS) is 15.2. The van der Waals surface area contributed by atoms with Gasteiger partial charge in [0, 0.05) is 44.0 Å². The fourth-order valence-corrected chi connectivity index (χ4v) is 4.09. The number of phenolic OH excluding ortho intramolecular Hbond substituents is 3. The molecule has 0 spiro atoms. The van der Waals surface area contributed by atoms with Gasteiger partial charge in [-0.05, 0) is 11.6 Å². The van der Waals surface area contributed by atoms with E-state index < -0.39 is 5.75 Å². The Morgan fingerprint density at radius 1 is 0.923 bits per heavy atom. The summed E-state index contributed by atoms with van der Waals surface area (Å²) in [7, 11) is 0. The molecule has 5 nitrogen and oxygen atoms in total. The first-order valence-electron chi connectivity index (χ1n) is 8.45. The van der Waals surface area contributed by atoms with Crippen molar-refractivity contribution in [1.82, 2.24) is 9.80 Å². The Balaban J connectivity index is 1.48. The average molecular weight is 391 g/mol. The van der Waals surface area contributed by atoms with Crippen molar-refractivity contribution < 1.29 is 15.3 Å². The fraction of sp³-hybridized carbons (Fsp3) is 0.316. The predicted octanol–water partition coefficient (Wildman–Crippen LogP) is 3.14. The van der Waals surface area contributed by atoms with E-state index in [1.165, 1.54) is 11.6 Å². The minimum absolute atomic E-state index is 0.249. The molecular weight excluding hydrogens is 368 g/mol. The third-order valence-corrected chi connectivity index (χ3v) is 6.04. The van der Waals surface area contributed by atoms with Crippen molar-refractivity contribution in [2.45, 2.75) is 12.3 Å². The lowest BCUT2D eigenvalue weighted by Gasteiger charge is -2.36. The summed E-state index contributed by atoms with van der Waals surface area (Å²) in [5, 5.41) is 29.0. The zero-order chi connectivity index (χ0) is 18.5. The van der Waals surface area contributed by atoms with Gasteiger partial charge in [0.1, 0.15) is 4.32 Å². The molecule has 0 saturated carbocycles. The summed E-state index contributed by atoms with van der Waals surface area (Å²) in [6.45, 7) is 3.86. The van der Waals surface area contributed by atoms with E-state index in [0.29, 0.717) is 12.1 Å². The molecule has 0 bridgehead atoms. The van der Waals surface area contributed by atoms with Gasteiger partial charge in [0.15, 0.2) is 11.5 Å². The van der Waals surface area contributed by atoms with Gasteiger partial charge < -0.3 is 20.2 Å². The molecule has 2 aromatic carbocycles. The summed E-state index contributed by atoms with van der Waals surface area (Å²) in [5.41, 5.74) is 1.87. The van der Waals surface area contributed by atoms with Crippen LogP contribution in [0, 0.1) is 0 Å². The van der Waals surface area contributed by atoms with Crippen LogP contribution >= 0.6 is 24.0 Å². The number of benzene rings is 2. The average Bonchev–Trinajstić information content (AvgIpc) is 2.68. The predicted molar refractivity (Wildman–Crippen MR) is 109 cm³/mol. The monoisotopic (exact) mass is 390 g/mol. The third-order valence-electron chi connectivity index (χ3n) is 4.44. The van der Waals surface area contributed by atoms with E-state index in [1.54, 1.807) is 17.8 Å². The highest BCUT2D eigenvalue weighted by molar-refractivity contribution is 8.22. The van der Waals surface area contributed by atoms with E-state index in [9.17, 15) is 15.3 Å². The smallest absolute Gasteiger partial charge is 0.200 e. The van der Waals surface area contributed by atoms with Crippen LogP contribution in [-0.2, 0) is 12.3 Å². The van der Waals surface area contributed by atoms with Crippen molar-refractivity contribution in [2.75, 3.05) is 26.2 Å². The van der Waals surface area contributed by atoms with Crippen LogP contribution in [0.4, 0.5) is 0 Å². The van der Waals surface area contributed by atoms with Crippen LogP contribution < -0.4 is 0 Å². The zero-order valence-electron chi connectivity index (χ0n) is 14.3. The molecule has 3 N–H and O–H groups in total. The van der Waals surface area contributed by atoms with Crippen LogP contribution in [-0.4, -0.2) is 55.6 Å². The van der Waals surface area contributed by atoms with Crippen LogP contribution in [0.3, 0.4) is 0 Å². The summed E-state index contributed by atoms with van der Waals surface area (Å²) in [6, 6.07) is 13.3. The maximum Gasteiger partial charge on any atom is 0.200 e. The molecule has 0 aliphatic carbocycles. The van der Waals surface area contributed by atoms with Crippen LogP contribution in [0.2, 0.25) is 0 Å². The molecule has 1 saturated heterocycles. The van der Waals surface area contributed by atoms with Gasteiger partial charge >= 0.3 is 0 Å². The van der Waals surface area contributed by atoms with Gasteiger partial charge in [0.25, 0.3) is 0 Å². The lowest BCUT2D eigenvalue weighted by Crippen LogP contribution is -2.47. The molecule has 2 aromatic rings. The Labute approximate surface area is 162 Å². The van der Waals surface area contributed by atoms with Gasteiger partial charge in [0.05, 0.1) is 0 Å². The number of thioether (sulfide) groups is 1. The van der Waals surface area contributed by atoms with Gasteiger partial charge in [-0.25, -0.2) is 0 Å². The molecular formula is C19H22N2O3S2. The molecule has 138 valence electrons. The minimum Gasteiger partial charge on any atom is -0.504 e. The van der Waals surface area contributed by atoms with E-state index in [-0.39, 0.29) is 11.5 Å². The van der Waals surface area contributed by atoms with E-state index in [4.69, 9.17) is 12.2 Å². The van der Waals surface area contributed by atoms with E-state index in [2.05, 4.69) is 21.9 Å². The number of piperazine rings is 1. The van der Waals surface area contributed by atoms with Crippen molar-refractivity contribution in [3.05, 3.63) is 53.6 Å². The summed E-state index contributed by atoms with van der Waals surface area (Å²) >= 11 is 7.25. The largest absolute Gasteiger partial charge is 0.504 e. The standard InChI is InChI=1S/C19H22N2O3S2/c22-16-7-6-15(17(23)18(16)24)12-20-8-10-21(11-9-20)19(25)26-13-14-4-2-1-3-5-14/h1-7,22-24H,8-13H2. The Hall–Kier alpha value is -1.96. The molecule has 0 atom stereocenters. The Morgan fingerprint density at radius 2 is 1.62 bits per heavy atom. The Kier molecular flexibility index (Phi) is 6.24. The summed E-state index contributed by atoms with van der Waals surface area (Å²) in [5.74, 6) is -0.140. The maximum absolute atomic E-state index is 9.96. The van der Waals surface area contributed by atoms with Gasteiger partial charge in [-0.15, -0.1) is 0 Å². The van der Waals surface area contributed by atoms with Crippen molar-refractivity contribution in [1.29, 1.82) is 0 Å². The molecule has 1 aliphatic heterocycles. The highest BCUT2D eigenvalue weighted by Crippen LogP contribution is 2.37. The molecule has 1 heterocycles. The molecule has 3 rings (SSSR count). The first kappa shape index (κ1) is 18.8. The van der Waals surface area contributed by atoms with Crippen molar-refractivity contribution in [2.24, 2.45) is 0 Å². The van der Waals surface area contributed by atoms with Crippen molar-refractivity contribution in [3.8, 4) is 17.2 Å². The molecule has 7 heteroatoms. The van der Waals surface area contributed by atoms with Gasteiger partial charge in [-0.3, -0.25) is 4.90 Å². The summed E-state index contributed by atoms with van der Waals surface area (Å²) in [4.78, 5) is 4.42. The van der Waals surface area contributed by atoms with Gasteiger partial charge in [-0.2, -0.15) is 0 Å². The second kappa shape index (κ2) is 8.62. The number of phenols is 3. The van der Waals surface area contributed by atoms with Crippen molar-refractivity contribution in [3.63, 3.8) is 0 Å². The van der Waals surface area contributed by atoms with Crippen molar-refractivity contribution >= 4 is 28.3 Å². The van der Waals surface area contributed by atoms with Crippen LogP contribution in [0.25, 0.3) is 0 Å². The molecule has 0 amide bonds. The topological polar surface area (TPSA) is 67.2 Å². The first-order chi connectivity index (χ1) is 12.5. The van der Waals surface area contributed by atoms with Crippen LogP contribution in [0.5, 0.6) is 17.2 Å². The second-order valence-corrected chi connectivity index (χ2v) is 7.85. The zero-order valence-corrected chi connectivity index (χ0v) is 16.0. The third kappa shape index (κ3) is 4.60. The molecule has 26 heavy (non-hydrogen) atoms. The highest BCUT2D eigenvalue weighted by Gasteiger charge is 2.21. The highest BCUT2D eigenvalue weighted by atomic mass is 32.2. The Bertz CT molecular complexity index is 763. The second-order valence-electron chi connectivity index (χ2n) is 6.24. The molecule has 0 unspecified atom stereocenters. The van der Waals surface area contributed by atoms with E-state index in [1.807, 2.05) is 18.2 Å². The molecule has 0 radical (unpaired) electrons. The molecule has 1 fully saturated rings. The number of aromatic hydroxyl groups is 3. The summed E-state index contributed by atoms with van der Waals surface area (Å²) < 4.78 is 0.915. The fourth-order valence-electron chi connectivity index (χ4n) is 2.88. The number of hydrogen-bond acceptors (Lipinski definition) is 6. The Morgan fingerprint density at radius 3 is 2.31 bits per heavy atom. The number of thiocarbonyl (C=S) groups is 1. The van der Waals surface area contributed by atoms with Crippen LogP contribution in [0.15, 0.2) is 42.5 Å². The number of nitrogens with zero attached hydrogens (tertiary/aromatic N) is 2. The van der Waals surface area contributed by atoms with Gasteiger partial charge in [0.2, 0.25) is 5.75 Å². The lowest BCUT2D eigenvalue weighted by molar-refractivity contribution is 0.177. The molecule has 0 aromatic heterocycles. The van der Waals surface area contributed by atoms with E-state index in [0.717, 1.165) is 36.3 Å². The lowest BCUT2D eigenvalue weighted by atomic mass is 10.1. The summed E-state index contributed by atoms with van der Waals surface area (Å²) in [6.07, 6.45) is 0.